The highest BCUT2D eigenvalue weighted by Gasteiger charge is 2.40. The van der Waals surface area contributed by atoms with Gasteiger partial charge in [0.1, 0.15) is 0 Å². The fourth-order valence-corrected chi connectivity index (χ4v) is 2.48. The standard InChI is InChI=1S/C12H22N2O/c1-4-10(2)14-12(9-13)8-6-5-7-11(12)15-3/h1,10-11,14H,5-9,13H2,2-3H3. The van der Waals surface area contributed by atoms with Crippen LogP contribution in [-0.2, 0) is 4.74 Å². The van der Waals surface area contributed by atoms with E-state index in [9.17, 15) is 0 Å². The second-order valence-corrected chi connectivity index (χ2v) is 4.36. The summed E-state index contributed by atoms with van der Waals surface area (Å²) < 4.78 is 5.53. The number of nitrogens with one attached hydrogen (secondary N) is 1. The van der Waals surface area contributed by atoms with Gasteiger partial charge in [0.05, 0.1) is 17.7 Å². The van der Waals surface area contributed by atoms with Gasteiger partial charge in [0, 0.05) is 13.7 Å². The predicted molar refractivity (Wildman–Crippen MR) is 62.5 cm³/mol. The van der Waals surface area contributed by atoms with Gasteiger partial charge < -0.3 is 10.5 Å². The Balaban J connectivity index is 2.75. The highest BCUT2D eigenvalue weighted by molar-refractivity contribution is 5.06. The van der Waals surface area contributed by atoms with Gasteiger partial charge in [0.2, 0.25) is 0 Å². The summed E-state index contributed by atoms with van der Waals surface area (Å²) in [5.41, 5.74) is 5.77. The van der Waals surface area contributed by atoms with E-state index in [-0.39, 0.29) is 17.7 Å². The molecule has 1 saturated carbocycles. The van der Waals surface area contributed by atoms with E-state index in [0.29, 0.717) is 6.54 Å². The van der Waals surface area contributed by atoms with E-state index in [0.717, 1.165) is 12.8 Å². The van der Waals surface area contributed by atoms with Gasteiger partial charge >= 0.3 is 0 Å². The zero-order valence-electron chi connectivity index (χ0n) is 9.75. The first kappa shape index (κ1) is 12.5. The third kappa shape index (κ3) is 2.72. The molecule has 0 aromatic heterocycles. The molecule has 3 atom stereocenters. The molecule has 0 aromatic carbocycles. The Morgan fingerprint density at radius 2 is 2.40 bits per heavy atom. The van der Waals surface area contributed by atoms with E-state index < -0.39 is 0 Å². The van der Waals surface area contributed by atoms with Crippen molar-refractivity contribution in [3.8, 4) is 12.3 Å². The Kier molecular flexibility index (Phi) is 4.59. The van der Waals surface area contributed by atoms with Crippen molar-refractivity contribution in [3.63, 3.8) is 0 Å². The molecule has 0 spiro atoms. The van der Waals surface area contributed by atoms with Crippen LogP contribution in [0.4, 0.5) is 0 Å². The minimum atomic E-state index is -0.126. The lowest BCUT2D eigenvalue weighted by Crippen LogP contribution is -2.63. The van der Waals surface area contributed by atoms with Crippen molar-refractivity contribution in [3.05, 3.63) is 0 Å². The van der Waals surface area contributed by atoms with Crippen LogP contribution in [0.3, 0.4) is 0 Å². The van der Waals surface area contributed by atoms with Crippen LogP contribution in [0.25, 0.3) is 0 Å². The molecule has 0 amide bonds. The highest BCUT2D eigenvalue weighted by Crippen LogP contribution is 2.30. The van der Waals surface area contributed by atoms with Crippen molar-refractivity contribution in [2.45, 2.75) is 50.3 Å². The third-order valence-corrected chi connectivity index (χ3v) is 3.36. The van der Waals surface area contributed by atoms with Crippen LogP contribution < -0.4 is 11.1 Å². The smallest absolute Gasteiger partial charge is 0.0765 e. The first-order chi connectivity index (χ1) is 7.18. The maximum atomic E-state index is 5.90. The average molecular weight is 210 g/mol. The van der Waals surface area contributed by atoms with E-state index >= 15 is 0 Å². The van der Waals surface area contributed by atoms with E-state index in [1.165, 1.54) is 12.8 Å². The first-order valence-corrected chi connectivity index (χ1v) is 5.65. The highest BCUT2D eigenvalue weighted by atomic mass is 16.5. The fraction of sp³-hybridized carbons (Fsp3) is 0.833. The van der Waals surface area contributed by atoms with Crippen LogP contribution >= 0.6 is 0 Å². The monoisotopic (exact) mass is 210 g/mol. The minimum Gasteiger partial charge on any atom is -0.379 e. The zero-order valence-corrected chi connectivity index (χ0v) is 9.75. The molecule has 0 heterocycles. The largest absolute Gasteiger partial charge is 0.379 e. The van der Waals surface area contributed by atoms with Gasteiger partial charge in [-0.1, -0.05) is 18.8 Å². The number of nitrogens with two attached hydrogens (primary N) is 1. The van der Waals surface area contributed by atoms with Crippen LogP contribution in [0.15, 0.2) is 0 Å². The van der Waals surface area contributed by atoms with Gasteiger partial charge in [0.25, 0.3) is 0 Å². The quantitative estimate of drug-likeness (QED) is 0.677. The van der Waals surface area contributed by atoms with Crippen LogP contribution in [0.5, 0.6) is 0 Å². The van der Waals surface area contributed by atoms with Crippen molar-refractivity contribution in [1.29, 1.82) is 0 Å². The maximum Gasteiger partial charge on any atom is 0.0765 e. The van der Waals surface area contributed by atoms with Gasteiger partial charge in [-0.25, -0.2) is 0 Å². The lowest BCUT2D eigenvalue weighted by Gasteiger charge is -2.44. The molecule has 3 nitrogen and oxygen atoms in total. The third-order valence-electron chi connectivity index (χ3n) is 3.36. The number of rotatable bonds is 4. The van der Waals surface area contributed by atoms with Gasteiger partial charge in [-0.3, -0.25) is 5.32 Å². The van der Waals surface area contributed by atoms with E-state index in [2.05, 4.69) is 11.2 Å². The molecule has 1 aliphatic rings. The molecule has 86 valence electrons. The van der Waals surface area contributed by atoms with Crippen molar-refractivity contribution in [1.82, 2.24) is 5.32 Å². The number of methoxy groups -OCH3 is 1. The minimum absolute atomic E-state index is 0.0456. The zero-order chi connectivity index (χ0) is 11.3. The van der Waals surface area contributed by atoms with Crippen molar-refractivity contribution in [2.75, 3.05) is 13.7 Å². The average Bonchev–Trinajstić information content (AvgIpc) is 2.29. The number of terminal acetylenes is 1. The van der Waals surface area contributed by atoms with Gasteiger partial charge in [-0.15, -0.1) is 6.42 Å². The molecule has 3 N–H and O–H groups in total. The molecular formula is C12H22N2O. The molecule has 3 unspecified atom stereocenters. The van der Waals surface area contributed by atoms with Gasteiger partial charge in [-0.2, -0.15) is 0 Å². The lowest BCUT2D eigenvalue weighted by molar-refractivity contribution is -0.0104. The van der Waals surface area contributed by atoms with E-state index in [1.807, 2.05) is 6.92 Å². The van der Waals surface area contributed by atoms with Crippen LogP contribution in [0.2, 0.25) is 0 Å². The molecule has 1 rings (SSSR count). The fourth-order valence-electron chi connectivity index (χ4n) is 2.48. The van der Waals surface area contributed by atoms with Crippen molar-refractivity contribution >= 4 is 0 Å². The Morgan fingerprint density at radius 3 is 2.93 bits per heavy atom. The Morgan fingerprint density at radius 1 is 1.67 bits per heavy atom. The molecule has 1 aliphatic carbocycles. The second kappa shape index (κ2) is 5.50. The number of ether oxygens (including phenoxy) is 1. The van der Waals surface area contributed by atoms with Gasteiger partial charge in [-0.05, 0) is 19.8 Å². The van der Waals surface area contributed by atoms with Gasteiger partial charge in [0.15, 0.2) is 0 Å². The Bertz CT molecular complexity index is 236. The Hall–Kier alpha value is -0.560. The molecule has 1 fully saturated rings. The molecule has 0 aromatic rings. The molecule has 15 heavy (non-hydrogen) atoms. The first-order valence-electron chi connectivity index (χ1n) is 5.65. The molecule has 0 bridgehead atoms. The molecule has 0 saturated heterocycles. The van der Waals surface area contributed by atoms with E-state index in [1.54, 1.807) is 7.11 Å². The number of hydrogen-bond donors (Lipinski definition) is 2. The lowest BCUT2D eigenvalue weighted by atomic mass is 9.78. The summed E-state index contributed by atoms with van der Waals surface area (Å²) >= 11 is 0. The topological polar surface area (TPSA) is 47.3 Å². The molecule has 0 aliphatic heterocycles. The predicted octanol–water partition coefficient (Wildman–Crippen LogP) is 0.884. The molecule has 3 heteroatoms. The SMILES string of the molecule is C#CC(C)NC1(CN)CCCCC1OC. The van der Waals surface area contributed by atoms with Crippen LogP contribution in [0, 0.1) is 12.3 Å². The van der Waals surface area contributed by atoms with Crippen LogP contribution in [-0.4, -0.2) is 31.3 Å². The Labute approximate surface area is 92.8 Å². The maximum absolute atomic E-state index is 5.90. The van der Waals surface area contributed by atoms with Crippen molar-refractivity contribution in [2.24, 2.45) is 5.73 Å². The summed E-state index contributed by atoms with van der Waals surface area (Å²) in [6.07, 6.45) is 10.1. The summed E-state index contributed by atoms with van der Waals surface area (Å²) in [4.78, 5) is 0. The summed E-state index contributed by atoms with van der Waals surface area (Å²) in [5.74, 6) is 2.69. The summed E-state index contributed by atoms with van der Waals surface area (Å²) in [6, 6.07) is 0.0456. The normalized spacial score (nSPS) is 33.3. The number of hydrogen-bond acceptors (Lipinski definition) is 3. The summed E-state index contributed by atoms with van der Waals surface area (Å²) in [7, 11) is 1.75. The molecule has 0 radical (unpaired) electrons. The summed E-state index contributed by atoms with van der Waals surface area (Å²) in [6.45, 7) is 2.57. The molecular weight excluding hydrogens is 188 g/mol. The van der Waals surface area contributed by atoms with E-state index in [4.69, 9.17) is 16.9 Å². The van der Waals surface area contributed by atoms with Crippen molar-refractivity contribution < 1.29 is 4.74 Å². The van der Waals surface area contributed by atoms with Crippen LogP contribution in [0.1, 0.15) is 32.6 Å². The second-order valence-electron chi connectivity index (χ2n) is 4.36. The summed E-state index contributed by atoms with van der Waals surface area (Å²) in [5, 5.41) is 3.45.